The molecule has 0 unspecified atom stereocenters. The second-order valence-corrected chi connectivity index (χ2v) is 9.47. The third-order valence-corrected chi connectivity index (χ3v) is 6.61. The van der Waals surface area contributed by atoms with E-state index in [4.69, 9.17) is 16.3 Å². The predicted octanol–water partition coefficient (Wildman–Crippen LogP) is 5.90. The smallest absolute Gasteiger partial charge is 0.251 e. The van der Waals surface area contributed by atoms with Crippen LogP contribution in [-0.2, 0) is 19.4 Å². The van der Waals surface area contributed by atoms with Gasteiger partial charge in [-0.3, -0.25) is 4.79 Å². The van der Waals surface area contributed by atoms with Gasteiger partial charge in [-0.05, 0) is 85.8 Å². The molecule has 0 aliphatic carbocycles. The van der Waals surface area contributed by atoms with E-state index in [1.165, 1.54) is 17.5 Å². The Morgan fingerprint density at radius 3 is 2.74 bits per heavy atom. The number of fused-ring (bicyclic) bond motifs is 3. The van der Waals surface area contributed by atoms with Gasteiger partial charge < -0.3 is 15.0 Å². The summed E-state index contributed by atoms with van der Waals surface area (Å²) in [7, 11) is 2.18. The van der Waals surface area contributed by atoms with Crippen molar-refractivity contribution in [3.05, 3.63) is 99.6 Å². The van der Waals surface area contributed by atoms with E-state index in [1.807, 2.05) is 42.5 Å². The Hall–Kier alpha value is -2.82. The molecule has 1 aliphatic heterocycles. The second kappa shape index (κ2) is 12.0. The lowest BCUT2D eigenvalue weighted by atomic mass is 9.99. The van der Waals surface area contributed by atoms with Gasteiger partial charge in [0.15, 0.2) is 0 Å². The highest BCUT2D eigenvalue weighted by molar-refractivity contribution is 6.31. The Balaban J connectivity index is 1.50. The second-order valence-electron chi connectivity index (χ2n) is 9.06. The first kappa shape index (κ1) is 24.3. The number of benzene rings is 3. The summed E-state index contributed by atoms with van der Waals surface area (Å²) in [6.45, 7) is 3.27. The van der Waals surface area contributed by atoms with Gasteiger partial charge in [0.2, 0.25) is 0 Å². The Labute approximate surface area is 207 Å². The van der Waals surface area contributed by atoms with Gasteiger partial charge in [-0.2, -0.15) is 0 Å². The van der Waals surface area contributed by atoms with Crippen LogP contribution in [0.3, 0.4) is 0 Å². The Bertz CT molecular complexity index is 1110. The lowest BCUT2D eigenvalue weighted by molar-refractivity contribution is 0.0954. The zero-order chi connectivity index (χ0) is 23.8. The van der Waals surface area contributed by atoms with Crippen LogP contribution in [0, 0.1) is 0 Å². The van der Waals surface area contributed by atoms with Gasteiger partial charge in [-0.25, -0.2) is 0 Å². The highest BCUT2D eigenvalue weighted by Crippen LogP contribution is 2.25. The third kappa shape index (κ3) is 6.85. The number of rotatable bonds is 4. The molecule has 4 nitrogen and oxygen atoms in total. The third-order valence-electron chi connectivity index (χ3n) is 6.24. The molecule has 1 aliphatic rings. The summed E-state index contributed by atoms with van der Waals surface area (Å²) in [6, 6.07) is 22.2. The van der Waals surface area contributed by atoms with Crippen molar-refractivity contribution in [2.75, 3.05) is 26.7 Å². The standard InChI is InChI=1S/C29H33ClN2O2/c1-32-16-5-2-6-17-34-28-13-12-25(20-26(28)19-22-8-7-9-23(18-22)21-32)29(33)31-15-14-24-10-3-4-11-27(24)30/h3-4,7-13,18,20H,2,5-6,14-17,19,21H2,1H3,(H,31,33). The van der Waals surface area contributed by atoms with Gasteiger partial charge in [0.1, 0.15) is 5.75 Å². The maximum Gasteiger partial charge on any atom is 0.251 e. The van der Waals surface area contributed by atoms with Crippen LogP contribution in [0.25, 0.3) is 0 Å². The molecular weight excluding hydrogens is 444 g/mol. The van der Waals surface area contributed by atoms with Crippen LogP contribution in [0.15, 0.2) is 66.7 Å². The molecule has 0 aromatic heterocycles. The highest BCUT2D eigenvalue weighted by Gasteiger charge is 2.13. The number of carbonyl (C=O) groups is 1. The summed E-state index contributed by atoms with van der Waals surface area (Å²) >= 11 is 6.24. The van der Waals surface area contributed by atoms with Crippen molar-refractivity contribution in [3.63, 3.8) is 0 Å². The van der Waals surface area contributed by atoms with Crippen LogP contribution in [0.5, 0.6) is 5.75 Å². The Morgan fingerprint density at radius 2 is 1.85 bits per heavy atom. The van der Waals surface area contributed by atoms with Crippen LogP contribution in [0.2, 0.25) is 5.02 Å². The fraction of sp³-hybridized carbons (Fsp3) is 0.345. The first-order chi connectivity index (χ1) is 16.6. The molecule has 1 N–H and O–H groups in total. The molecule has 0 atom stereocenters. The van der Waals surface area contributed by atoms with Gasteiger partial charge in [0.05, 0.1) is 6.61 Å². The first-order valence-electron chi connectivity index (χ1n) is 12.1. The van der Waals surface area contributed by atoms with Crippen molar-refractivity contribution >= 4 is 17.5 Å². The maximum atomic E-state index is 12.9. The van der Waals surface area contributed by atoms with E-state index < -0.39 is 0 Å². The quantitative estimate of drug-likeness (QED) is 0.509. The van der Waals surface area contributed by atoms with E-state index in [0.29, 0.717) is 25.1 Å². The first-order valence-corrected chi connectivity index (χ1v) is 12.5. The topological polar surface area (TPSA) is 41.6 Å². The number of nitrogens with zero attached hydrogens (tertiary/aromatic N) is 1. The molecule has 0 fully saturated rings. The summed E-state index contributed by atoms with van der Waals surface area (Å²) in [4.78, 5) is 15.3. The molecule has 0 radical (unpaired) electrons. The molecule has 1 heterocycles. The van der Waals surface area contributed by atoms with Gasteiger partial charge >= 0.3 is 0 Å². The fourth-order valence-electron chi connectivity index (χ4n) is 4.40. The van der Waals surface area contributed by atoms with Gasteiger partial charge in [0, 0.05) is 30.1 Å². The van der Waals surface area contributed by atoms with Crippen molar-refractivity contribution in [1.29, 1.82) is 0 Å². The lowest BCUT2D eigenvalue weighted by Crippen LogP contribution is -2.26. The van der Waals surface area contributed by atoms with E-state index in [1.54, 1.807) is 0 Å². The number of nitrogens with one attached hydrogen (secondary N) is 1. The normalized spacial score (nSPS) is 15.0. The number of hydrogen-bond acceptors (Lipinski definition) is 3. The van der Waals surface area contributed by atoms with E-state index in [2.05, 4.69) is 41.5 Å². The molecule has 3 aromatic carbocycles. The molecule has 0 spiro atoms. The van der Waals surface area contributed by atoms with Gasteiger partial charge in [-0.15, -0.1) is 0 Å². The highest BCUT2D eigenvalue weighted by atomic mass is 35.5. The molecule has 1 amide bonds. The Morgan fingerprint density at radius 1 is 1.00 bits per heavy atom. The average molecular weight is 477 g/mol. The molecule has 0 saturated heterocycles. The molecule has 178 valence electrons. The molecule has 4 rings (SSSR count). The molecule has 5 heteroatoms. The summed E-state index contributed by atoms with van der Waals surface area (Å²) in [5.41, 5.74) is 5.27. The van der Waals surface area contributed by atoms with Gasteiger partial charge in [0.25, 0.3) is 5.91 Å². The zero-order valence-corrected chi connectivity index (χ0v) is 20.6. The van der Waals surface area contributed by atoms with E-state index in [0.717, 1.165) is 54.3 Å². The van der Waals surface area contributed by atoms with Crippen molar-refractivity contribution in [3.8, 4) is 5.75 Å². The number of halogens is 1. The largest absolute Gasteiger partial charge is 0.493 e. The summed E-state index contributed by atoms with van der Waals surface area (Å²) < 4.78 is 6.16. The van der Waals surface area contributed by atoms with Crippen LogP contribution < -0.4 is 10.1 Å². The minimum atomic E-state index is -0.0790. The van der Waals surface area contributed by atoms with Crippen LogP contribution in [-0.4, -0.2) is 37.6 Å². The molecule has 2 bridgehead atoms. The van der Waals surface area contributed by atoms with Crippen LogP contribution in [0.1, 0.15) is 51.9 Å². The lowest BCUT2D eigenvalue weighted by Gasteiger charge is -2.19. The molecular formula is C29H33ClN2O2. The van der Waals surface area contributed by atoms with Crippen molar-refractivity contribution in [1.82, 2.24) is 10.2 Å². The Kier molecular flexibility index (Phi) is 8.62. The minimum absolute atomic E-state index is 0.0790. The summed E-state index contributed by atoms with van der Waals surface area (Å²) in [6.07, 6.45) is 4.77. The number of hydrogen-bond donors (Lipinski definition) is 1. The van der Waals surface area contributed by atoms with Crippen molar-refractivity contribution in [2.24, 2.45) is 0 Å². The summed E-state index contributed by atoms with van der Waals surface area (Å²) in [5.74, 6) is 0.789. The molecule has 34 heavy (non-hydrogen) atoms. The van der Waals surface area contributed by atoms with E-state index in [9.17, 15) is 4.79 Å². The van der Waals surface area contributed by atoms with Crippen LogP contribution in [0.4, 0.5) is 0 Å². The van der Waals surface area contributed by atoms with Gasteiger partial charge in [-0.1, -0.05) is 54.1 Å². The monoisotopic (exact) mass is 476 g/mol. The predicted molar refractivity (Wildman–Crippen MR) is 139 cm³/mol. The number of carbonyl (C=O) groups excluding carboxylic acids is 1. The SMILES string of the molecule is CN1CCCCCOc2ccc(C(=O)NCCc3ccccc3Cl)cc2Cc2cccc(c2)C1. The van der Waals surface area contributed by atoms with E-state index >= 15 is 0 Å². The zero-order valence-electron chi connectivity index (χ0n) is 19.9. The average Bonchev–Trinajstić information content (AvgIpc) is 2.83. The maximum absolute atomic E-state index is 12.9. The summed E-state index contributed by atoms with van der Waals surface area (Å²) in [5, 5.41) is 3.76. The van der Waals surface area contributed by atoms with Crippen molar-refractivity contribution in [2.45, 2.75) is 38.6 Å². The fourth-order valence-corrected chi connectivity index (χ4v) is 4.64. The van der Waals surface area contributed by atoms with Crippen molar-refractivity contribution < 1.29 is 9.53 Å². The molecule has 0 saturated carbocycles. The van der Waals surface area contributed by atoms with E-state index in [-0.39, 0.29) is 5.91 Å². The number of amides is 1. The number of ether oxygens (including phenoxy) is 1. The molecule has 3 aromatic rings. The van der Waals surface area contributed by atoms with Crippen LogP contribution >= 0.6 is 11.6 Å². The minimum Gasteiger partial charge on any atom is -0.493 e.